The molecule has 5 amide bonds. The Kier molecular flexibility index (Phi) is 4.93. The van der Waals surface area contributed by atoms with E-state index in [2.05, 4.69) is 5.32 Å². The fourth-order valence-corrected chi connectivity index (χ4v) is 4.53. The first kappa shape index (κ1) is 19.0. The molecule has 154 valence electrons. The maximum atomic E-state index is 13.2. The van der Waals surface area contributed by atoms with Crippen molar-refractivity contribution in [1.82, 2.24) is 20.0 Å². The van der Waals surface area contributed by atoms with Crippen LogP contribution in [0.1, 0.15) is 45.4 Å². The normalized spacial score (nSPS) is 25.2. The highest BCUT2D eigenvalue weighted by molar-refractivity contribution is 6.07. The Morgan fingerprint density at radius 3 is 2.25 bits per heavy atom. The van der Waals surface area contributed by atoms with Crippen molar-refractivity contribution in [3.05, 3.63) is 0 Å². The molecule has 4 aliphatic rings. The zero-order chi connectivity index (χ0) is 19.9. The van der Waals surface area contributed by atoms with Crippen molar-refractivity contribution in [3.8, 4) is 0 Å². The monoisotopic (exact) mass is 392 g/mol. The van der Waals surface area contributed by atoms with Crippen LogP contribution in [-0.2, 0) is 14.3 Å². The molecule has 0 bridgehead atoms. The van der Waals surface area contributed by atoms with Gasteiger partial charge in [0.2, 0.25) is 5.91 Å². The molecule has 0 aromatic rings. The Morgan fingerprint density at radius 1 is 1.04 bits per heavy atom. The third-order valence-electron chi connectivity index (χ3n) is 6.40. The lowest BCUT2D eigenvalue weighted by Gasteiger charge is -2.38. The summed E-state index contributed by atoms with van der Waals surface area (Å²) in [6, 6.07) is -0.514. The fourth-order valence-electron chi connectivity index (χ4n) is 4.53. The van der Waals surface area contributed by atoms with Crippen LogP contribution >= 0.6 is 0 Å². The van der Waals surface area contributed by atoms with Gasteiger partial charge in [-0.15, -0.1) is 0 Å². The summed E-state index contributed by atoms with van der Waals surface area (Å²) in [6.07, 6.45) is 3.64. The standard InChI is InChI=1S/C19H28N4O5/c1-2-28-18(27)22-11-7-19(8-12-22)16(25)23(17(26)20-19)14-5-9-21(10-6-14)15(24)13-3-4-13/h13-14H,2-12H2,1H3,(H,20,26). The molecule has 4 fully saturated rings. The fraction of sp³-hybridized carbons (Fsp3) is 0.789. The number of ether oxygens (including phenoxy) is 1. The highest BCUT2D eigenvalue weighted by Crippen LogP contribution is 2.35. The number of piperidine rings is 2. The van der Waals surface area contributed by atoms with Gasteiger partial charge in [0.05, 0.1) is 6.61 Å². The summed E-state index contributed by atoms with van der Waals surface area (Å²) in [5.41, 5.74) is -0.916. The Labute approximate surface area is 164 Å². The molecule has 4 rings (SSSR count). The molecule has 0 unspecified atom stereocenters. The van der Waals surface area contributed by atoms with Crippen LogP contribution in [0.2, 0.25) is 0 Å². The van der Waals surface area contributed by atoms with Gasteiger partial charge >= 0.3 is 12.1 Å². The van der Waals surface area contributed by atoms with Gasteiger partial charge in [0.15, 0.2) is 0 Å². The van der Waals surface area contributed by atoms with Crippen LogP contribution in [0.25, 0.3) is 0 Å². The average molecular weight is 392 g/mol. The van der Waals surface area contributed by atoms with Crippen LogP contribution in [0.4, 0.5) is 9.59 Å². The third kappa shape index (κ3) is 3.31. The van der Waals surface area contributed by atoms with E-state index in [0.717, 1.165) is 12.8 Å². The van der Waals surface area contributed by atoms with Gasteiger partial charge in [0, 0.05) is 38.1 Å². The summed E-state index contributed by atoms with van der Waals surface area (Å²) in [7, 11) is 0. The second-order valence-electron chi connectivity index (χ2n) is 8.20. The Balaban J connectivity index is 1.36. The predicted octanol–water partition coefficient (Wildman–Crippen LogP) is 0.930. The van der Waals surface area contributed by atoms with Crippen molar-refractivity contribution in [2.24, 2.45) is 5.92 Å². The van der Waals surface area contributed by atoms with Crippen molar-refractivity contribution in [2.45, 2.75) is 57.0 Å². The molecule has 1 saturated carbocycles. The minimum absolute atomic E-state index is 0.168. The van der Waals surface area contributed by atoms with E-state index in [0.29, 0.717) is 58.5 Å². The van der Waals surface area contributed by atoms with E-state index in [9.17, 15) is 19.2 Å². The maximum Gasteiger partial charge on any atom is 0.409 e. The van der Waals surface area contributed by atoms with Gasteiger partial charge in [0.1, 0.15) is 5.54 Å². The lowest BCUT2D eigenvalue weighted by Crippen LogP contribution is -2.56. The maximum absolute atomic E-state index is 13.2. The summed E-state index contributed by atoms with van der Waals surface area (Å²) < 4.78 is 5.02. The van der Waals surface area contributed by atoms with Crippen molar-refractivity contribution in [3.63, 3.8) is 0 Å². The summed E-state index contributed by atoms with van der Waals surface area (Å²) in [5, 5.41) is 2.90. The number of carbonyl (C=O) groups is 4. The first-order chi connectivity index (χ1) is 13.4. The molecule has 0 radical (unpaired) electrons. The van der Waals surface area contributed by atoms with Crippen LogP contribution in [-0.4, -0.2) is 83.0 Å². The van der Waals surface area contributed by atoms with Crippen LogP contribution in [0.5, 0.6) is 0 Å². The summed E-state index contributed by atoms with van der Waals surface area (Å²) in [6.45, 7) is 4.03. The van der Waals surface area contributed by atoms with E-state index in [1.165, 1.54) is 4.90 Å². The highest BCUT2D eigenvalue weighted by atomic mass is 16.6. The van der Waals surface area contributed by atoms with Crippen LogP contribution in [0.15, 0.2) is 0 Å². The molecule has 1 N–H and O–H groups in total. The molecule has 9 heteroatoms. The van der Waals surface area contributed by atoms with E-state index < -0.39 is 5.54 Å². The molecule has 1 spiro atoms. The van der Waals surface area contributed by atoms with Gasteiger partial charge in [0.25, 0.3) is 5.91 Å². The van der Waals surface area contributed by atoms with Crippen molar-refractivity contribution >= 4 is 23.9 Å². The van der Waals surface area contributed by atoms with Gasteiger partial charge in [-0.3, -0.25) is 14.5 Å². The second kappa shape index (κ2) is 7.25. The molecule has 3 aliphatic heterocycles. The van der Waals surface area contributed by atoms with E-state index in [1.807, 2.05) is 4.90 Å². The van der Waals surface area contributed by atoms with Crippen LogP contribution in [0, 0.1) is 5.92 Å². The second-order valence-corrected chi connectivity index (χ2v) is 8.20. The zero-order valence-corrected chi connectivity index (χ0v) is 16.3. The number of amides is 5. The summed E-state index contributed by atoms with van der Waals surface area (Å²) >= 11 is 0. The number of hydrogen-bond acceptors (Lipinski definition) is 5. The van der Waals surface area contributed by atoms with E-state index in [4.69, 9.17) is 4.74 Å². The number of carbonyl (C=O) groups excluding carboxylic acids is 4. The van der Waals surface area contributed by atoms with Crippen molar-refractivity contribution in [2.75, 3.05) is 32.8 Å². The van der Waals surface area contributed by atoms with E-state index >= 15 is 0 Å². The molecular weight excluding hydrogens is 364 g/mol. The molecule has 9 nitrogen and oxygen atoms in total. The number of hydrogen-bond donors (Lipinski definition) is 1. The van der Waals surface area contributed by atoms with Gasteiger partial charge in [-0.05, 0) is 45.4 Å². The molecule has 1 aliphatic carbocycles. The third-order valence-corrected chi connectivity index (χ3v) is 6.40. The van der Waals surface area contributed by atoms with Crippen LogP contribution < -0.4 is 5.32 Å². The van der Waals surface area contributed by atoms with Crippen molar-refractivity contribution in [1.29, 1.82) is 0 Å². The topological polar surface area (TPSA) is 99.3 Å². The van der Waals surface area contributed by atoms with Gasteiger partial charge in [-0.25, -0.2) is 9.59 Å². The van der Waals surface area contributed by atoms with Crippen LogP contribution in [0.3, 0.4) is 0 Å². The minimum Gasteiger partial charge on any atom is -0.450 e. The number of likely N-dealkylation sites (tertiary alicyclic amines) is 2. The Morgan fingerprint density at radius 2 is 1.68 bits per heavy atom. The quantitative estimate of drug-likeness (QED) is 0.721. The minimum atomic E-state index is -0.916. The number of urea groups is 1. The predicted molar refractivity (Wildman–Crippen MR) is 98.3 cm³/mol. The summed E-state index contributed by atoms with van der Waals surface area (Å²) in [4.78, 5) is 54.7. The molecular formula is C19H28N4O5. The number of imide groups is 1. The largest absolute Gasteiger partial charge is 0.450 e. The van der Waals surface area contributed by atoms with Gasteiger partial charge in [-0.1, -0.05) is 0 Å². The summed E-state index contributed by atoms with van der Waals surface area (Å²) in [5.74, 6) is 0.229. The Hall–Kier alpha value is -2.32. The van der Waals surface area contributed by atoms with Gasteiger partial charge < -0.3 is 19.9 Å². The van der Waals surface area contributed by atoms with E-state index in [1.54, 1.807) is 11.8 Å². The van der Waals surface area contributed by atoms with Gasteiger partial charge in [-0.2, -0.15) is 0 Å². The van der Waals surface area contributed by atoms with E-state index in [-0.39, 0.29) is 35.9 Å². The first-order valence-electron chi connectivity index (χ1n) is 10.3. The van der Waals surface area contributed by atoms with Crippen molar-refractivity contribution < 1.29 is 23.9 Å². The molecule has 28 heavy (non-hydrogen) atoms. The number of nitrogens with one attached hydrogen (secondary N) is 1. The SMILES string of the molecule is CCOC(=O)N1CCC2(CC1)NC(=O)N(C1CCN(C(=O)C3CC3)CC1)C2=O. The molecule has 3 heterocycles. The average Bonchev–Trinajstić information content (AvgIpc) is 3.51. The number of nitrogens with zero attached hydrogens (tertiary/aromatic N) is 3. The molecule has 0 aromatic heterocycles. The smallest absolute Gasteiger partial charge is 0.409 e. The molecule has 3 saturated heterocycles. The highest BCUT2D eigenvalue weighted by Gasteiger charge is 2.55. The number of rotatable bonds is 3. The lowest BCUT2D eigenvalue weighted by molar-refractivity contribution is -0.137. The first-order valence-corrected chi connectivity index (χ1v) is 10.3. The molecule has 0 atom stereocenters. The lowest BCUT2D eigenvalue weighted by atomic mass is 9.87. The molecule has 0 aromatic carbocycles. The Bertz CT molecular complexity index is 676. The zero-order valence-electron chi connectivity index (χ0n) is 16.3.